The maximum atomic E-state index is 2.34. The Morgan fingerprint density at radius 1 is 1.23 bits per heavy atom. The zero-order chi connectivity index (χ0) is 8.84. The molecule has 1 fully saturated rings. The molecule has 0 bridgehead atoms. The first-order valence-electron chi connectivity index (χ1n) is 4.90. The van der Waals surface area contributed by atoms with E-state index in [-0.39, 0.29) is 0 Å². The maximum Gasteiger partial charge on any atom is 0.0479 e. The highest BCUT2D eigenvalue weighted by molar-refractivity contribution is 5.81. The summed E-state index contributed by atoms with van der Waals surface area (Å²) in [6.07, 6.45) is 2.76. The summed E-state index contributed by atoms with van der Waals surface area (Å²) in [4.78, 5) is 0. The molecule has 0 atom stereocenters. The number of para-hydroxylation sites is 1. The molecule has 0 radical (unpaired) electrons. The minimum absolute atomic E-state index is 0.845. The lowest BCUT2D eigenvalue weighted by Gasteiger charge is -2.00. The van der Waals surface area contributed by atoms with E-state index in [9.17, 15) is 0 Å². The van der Waals surface area contributed by atoms with Gasteiger partial charge < -0.3 is 4.57 Å². The Morgan fingerprint density at radius 3 is 2.69 bits per heavy atom. The number of fused-ring (bicyclic) bond motifs is 1. The SMILES string of the molecule is Cn1c(C2CC2)cc2ccccc21. The molecular weight excluding hydrogens is 158 g/mol. The Labute approximate surface area is 78.0 Å². The van der Waals surface area contributed by atoms with Gasteiger partial charge in [0.25, 0.3) is 0 Å². The highest BCUT2D eigenvalue weighted by Gasteiger charge is 2.26. The fraction of sp³-hybridized carbons (Fsp3) is 0.333. The molecule has 66 valence electrons. The Bertz CT molecular complexity index is 449. The van der Waals surface area contributed by atoms with Crippen molar-refractivity contribution in [1.29, 1.82) is 0 Å². The predicted octanol–water partition coefficient (Wildman–Crippen LogP) is 3.06. The van der Waals surface area contributed by atoms with Gasteiger partial charge in [-0.1, -0.05) is 18.2 Å². The smallest absolute Gasteiger partial charge is 0.0479 e. The number of hydrogen-bond donors (Lipinski definition) is 0. The third-order valence-electron chi connectivity index (χ3n) is 2.98. The van der Waals surface area contributed by atoms with E-state index in [0.29, 0.717) is 0 Å². The number of nitrogens with zero attached hydrogens (tertiary/aromatic N) is 1. The van der Waals surface area contributed by atoms with Crippen molar-refractivity contribution >= 4 is 10.9 Å². The van der Waals surface area contributed by atoms with Gasteiger partial charge in [0.1, 0.15) is 0 Å². The van der Waals surface area contributed by atoms with Gasteiger partial charge in [0.2, 0.25) is 0 Å². The molecule has 0 amide bonds. The fourth-order valence-corrected chi connectivity index (χ4v) is 2.08. The molecule has 3 rings (SSSR count). The second-order valence-electron chi connectivity index (χ2n) is 3.96. The van der Waals surface area contributed by atoms with Crippen molar-refractivity contribution in [1.82, 2.24) is 4.57 Å². The predicted molar refractivity (Wildman–Crippen MR) is 54.9 cm³/mol. The average molecular weight is 171 g/mol. The molecule has 1 nitrogen and oxygen atoms in total. The van der Waals surface area contributed by atoms with Gasteiger partial charge in [-0.25, -0.2) is 0 Å². The van der Waals surface area contributed by atoms with Crippen molar-refractivity contribution < 1.29 is 0 Å². The van der Waals surface area contributed by atoms with Crippen LogP contribution in [0.15, 0.2) is 30.3 Å². The standard InChI is InChI=1S/C12H13N/c1-13-11-5-3-2-4-10(11)8-12(13)9-6-7-9/h2-5,8-9H,6-7H2,1H3. The molecule has 0 spiro atoms. The van der Waals surface area contributed by atoms with E-state index in [0.717, 1.165) is 5.92 Å². The van der Waals surface area contributed by atoms with Gasteiger partial charge >= 0.3 is 0 Å². The van der Waals surface area contributed by atoms with E-state index < -0.39 is 0 Å². The fourth-order valence-electron chi connectivity index (χ4n) is 2.08. The van der Waals surface area contributed by atoms with Gasteiger partial charge in [-0.3, -0.25) is 0 Å². The van der Waals surface area contributed by atoms with Crippen LogP contribution < -0.4 is 0 Å². The van der Waals surface area contributed by atoms with Crippen molar-refractivity contribution in [2.75, 3.05) is 0 Å². The Hall–Kier alpha value is -1.24. The van der Waals surface area contributed by atoms with Crippen LogP contribution in [0.3, 0.4) is 0 Å². The third kappa shape index (κ3) is 0.998. The maximum absolute atomic E-state index is 2.34. The van der Waals surface area contributed by atoms with Crippen molar-refractivity contribution in [3.8, 4) is 0 Å². The minimum Gasteiger partial charge on any atom is -0.347 e. The van der Waals surface area contributed by atoms with Gasteiger partial charge in [-0.2, -0.15) is 0 Å². The van der Waals surface area contributed by atoms with E-state index in [1.165, 1.54) is 29.4 Å². The van der Waals surface area contributed by atoms with E-state index in [4.69, 9.17) is 0 Å². The number of rotatable bonds is 1. The van der Waals surface area contributed by atoms with E-state index in [1.54, 1.807) is 0 Å². The average Bonchev–Trinajstić information content (AvgIpc) is 2.94. The first-order chi connectivity index (χ1) is 6.36. The number of benzene rings is 1. The molecule has 0 N–H and O–H groups in total. The summed E-state index contributed by atoms with van der Waals surface area (Å²) in [7, 11) is 2.18. The van der Waals surface area contributed by atoms with Crippen molar-refractivity contribution in [3.63, 3.8) is 0 Å². The Balaban J connectivity index is 2.30. The molecule has 13 heavy (non-hydrogen) atoms. The van der Waals surface area contributed by atoms with Crippen LogP contribution in [0.4, 0.5) is 0 Å². The van der Waals surface area contributed by atoms with Crippen LogP contribution in [0, 0.1) is 0 Å². The van der Waals surface area contributed by atoms with Gasteiger partial charge in [0.15, 0.2) is 0 Å². The first-order valence-corrected chi connectivity index (χ1v) is 4.90. The largest absolute Gasteiger partial charge is 0.347 e. The number of hydrogen-bond acceptors (Lipinski definition) is 0. The summed E-state index contributed by atoms with van der Waals surface area (Å²) >= 11 is 0. The van der Waals surface area contributed by atoms with Crippen molar-refractivity contribution in [3.05, 3.63) is 36.0 Å². The van der Waals surface area contributed by atoms with Crippen LogP contribution in [0.1, 0.15) is 24.5 Å². The first kappa shape index (κ1) is 7.19. The quantitative estimate of drug-likeness (QED) is 0.621. The lowest BCUT2D eigenvalue weighted by atomic mass is 10.2. The van der Waals surface area contributed by atoms with Gasteiger partial charge in [-0.05, 0) is 36.3 Å². The van der Waals surface area contributed by atoms with Crippen molar-refractivity contribution in [2.45, 2.75) is 18.8 Å². The molecule has 0 aliphatic heterocycles. The van der Waals surface area contributed by atoms with Gasteiger partial charge in [0.05, 0.1) is 0 Å². The molecule has 1 heterocycles. The second kappa shape index (κ2) is 2.38. The highest BCUT2D eigenvalue weighted by Crippen LogP contribution is 2.41. The zero-order valence-corrected chi connectivity index (χ0v) is 7.83. The van der Waals surface area contributed by atoms with Crippen LogP contribution in [0.25, 0.3) is 10.9 Å². The van der Waals surface area contributed by atoms with Crippen LogP contribution in [-0.2, 0) is 7.05 Å². The monoisotopic (exact) mass is 171 g/mol. The van der Waals surface area contributed by atoms with E-state index in [1.807, 2.05) is 0 Å². The van der Waals surface area contributed by atoms with Crippen LogP contribution in [0.2, 0.25) is 0 Å². The molecule has 1 aromatic carbocycles. The molecule has 1 aliphatic carbocycles. The zero-order valence-electron chi connectivity index (χ0n) is 7.83. The molecule has 1 saturated carbocycles. The molecule has 1 aliphatic rings. The second-order valence-corrected chi connectivity index (χ2v) is 3.96. The Kier molecular flexibility index (Phi) is 1.32. The normalized spacial score (nSPS) is 16.7. The molecule has 1 aromatic heterocycles. The highest BCUT2D eigenvalue weighted by atomic mass is 15.0. The molecule has 1 heteroatoms. The van der Waals surface area contributed by atoms with Gasteiger partial charge in [0, 0.05) is 18.3 Å². The van der Waals surface area contributed by atoms with Crippen LogP contribution in [-0.4, -0.2) is 4.57 Å². The van der Waals surface area contributed by atoms with Crippen LogP contribution >= 0.6 is 0 Å². The lowest BCUT2D eigenvalue weighted by molar-refractivity contribution is 0.857. The van der Waals surface area contributed by atoms with Crippen LogP contribution in [0.5, 0.6) is 0 Å². The van der Waals surface area contributed by atoms with E-state index in [2.05, 4.69) is 41.9 Å². The molecule has 2 aromatic rings. The van der Waals surface area contributed by atoms with Gasteiger partial charge in [-0.15, -0.1) is 0 Å². The summed E-state index contributed by atoms with van der Waals surface area (Å²) in [6, 6.07) is 11.0. The summed E-state index contributed by atoms with van der Waals surface area (Å²) in [5, 5.41) is 1.38. The number of aromatic nitrogens is 1. The molecular formula is C12H13N. The minimum atomic E-state index is 0.845. The third-order valence-corrected chi connectivity index (χ3v) is 2.98. The molecule has 0 unspecified atom stereocenters. The lowest BCUT2D eigenvalue weighted by Crippen LogP contribution is -1.92. The topological polar surface area (TPSA) is 4.93 Å². The Morgan fingerprint density at radius 2 is 2.00 bits per heavy atom. The number of aryl methyl sites for hydroxylation is 1. The summed E-state index contributed by atoms with van der Waals surface area (Å²) < 4.78 is 2.34. The van der Waals surface area contributed by atoms with E-state index >= 15 is 0 Å². The summed E-state index contributed by atoms with van der Waals surface area (Å²) in [6.45, 7) is 0. The van der Waals surface area contributed by atoms with Crippen molar-refractivity contribution in [2.24, 2.45) is 7.05 Å². The summed E-state index contributed by atoms with van der Waals surface area (Å²) in [5.74, 6) is 0.845. The molecule has 0 saturated heterocycles. The summed E-state index contributed by atoms with van der Waals surface area (Å²) in [5.41, 5.74) is 2.88.